The van der Waals surface area contributed by atoms with E-state index in [0.717, 1.165) is 10.0 Å². The molecule has 0 fully saturated rings. The molecule has 0 saturated heterocycles. The summed E-state index contributed by atoms with van der Waals surface area (Å²) < 4.78 is 1.04. The van der Waals surface area contributed by atoms with Crippen molar-refractivity contribution in [3.05, 3.63) is 34.3 Å². The van der Waals surface area contributed by atoms with E-state index in [-0.39, 0.29) is 11.9 Å². The van der Waals surface area contributed by atoms with Crippen molar-refractivity contribution in [2.75, 3.05) is 27.2 Å². The van der Waals surface area contributed by atoms with Crippen LogP contribution < -0.4 is 11.1 Å². The van der Waals surface area contributed by atoms with Crippen molar-refractivity contribution in [1.29, 1.82) is 0 Å². The van der Waals surface area contributed by atoms with Gasteiger partial charge in [0.2, 0.25) is 5.91 Å². The Labute approximate surface area is 117 Å². The fourth-order valence-electron chi connectivity index (χ4n) is 1.84. The minimum absolute atomic E-state index is 0.0480. The SMILES string of the molecule is CNC(=O)CCN(C)C(CN)c1cccc(Br)c1. The van der Waals surface area contributed by atoms with Gasteiger partial charge in [0.05, 0.1) is 0 Å². The normalized spacial score (nSPS) is 12.5. The van der Waals surface area contributed by atoms with Gasteiger partial charge in [0, 0.05) is 37.1 Å². The Morgan fingerprint density at radius 2 is 2.28 bits per heavy atom. The summed E-state index contributed by atoms with van der Waals surface area (Å²) in [5, 5.41) is 2.62. The van der Waals surface area contributed by atoms with Crippen LogP contribution in [0.4, 0.5) is 0 Å². The van der Waals surface area contributed by atoms with Gasteiger partial charge in [0.25, 0.3) is 0 Å². The molecule has 0 bridgehead atoms. The number of amides is 1. The number of carbonyl (C=O) groups excluding carboxylic acids is 1. The number of benzene rings is 1. The summed E-state index contributed by atoms with van der Waals surface area (Å²) in [6.07, 6.45) is 0.484. The molecule has 0 saturated carbocycles. The molecule has 4 nitrogen and oxygen atoms in total. The number of hydrogen-bond donors (Lipinski definition) is 2. The third-order valence-electron chi connectivity index (χ3n) is 2.96. The second-order valence-electron chi connectivity index (χ2n) is 4.21. The molecule has 0 aromatic heterocycles. The molecular formula is C13H20BrN3O. The Hall–Kier alpha value is -0.910. The monoisotopic (exact) mass is 313 g/mol. The molecule has 0 aliphatic heterocycles. The number of halogens is 1. The number of likely N-dealkylation sites (N-methyl/N-ethyl adjacent to an activating group) is 1. The summed E-state index contributed by atoms with van der Waals surface area (Å²) >= 11 is 3.46. The van der Waals surface area contributed by atoms with E-state index in [4.69, 9.17) is 5.73 Å². The summed E-state index contributed by atoms with van der Waals surface area (Å²) in [5.74, 6) is 0.0480. The first-order chi connectivity index (χ1) is 8.58. The topological polar surface area (TPSA) is 58.4 Å². The number of nitrogens with two attached hydrogens (primary N) is 1. The van der Waals surface area contributed by atoms with E-state index >= 15 is 0 Å². The van der Waals surface area contributed by atoms with Crippen LogP contribution in [0.25, 0.3) is 0 Å². The van der Waals surface area contributed by atoms with Crippen LogP contribution in [0.2, 0.25) is 0 Å². The first kappa shape index (κ1) is 15.1. The molecule has 0 heterocycles. The lowest BCUT2D eigenvalue weighted by Gasteiger charge is -2.27. The standard InChI is InChI=1S/C13H20BrN3O/c1-16-13(18)6-7-17(2)12(9-15)10-4-3-5-11(14)8-10/h3-5,8,12H,6-7,9,15H2,1-2H3,(H,16,18). The number of nitrogens with zero attached hydrogens (tertiary/aromatic N) is 1. The van der Waals surface area contributed by atoms with Gasteiger partial charge in [-0.05, 0) is 24.7 Å². The largest absolute Gasteiger partial charge is 0.359 e. The minimum Gasteiger partial charge on any atom is -0.359 e. The van der Waals surface area contributed by atoms with Crippen LogP contribution in [0.5, 0.6) is 0 Å². The van der Waals surface area contributed by atoms with E-state index in [0.29, 0.717) is 19.5 Å². The Balaban J connectivity index is 2.68. The maximum absolute atomic E-state index is 11.2. The van der Waals surface area contributed by atoms with Crippen molar-refractivity contribution in [1.82, 2.24) is 10.2 Å². The van der Waals surface area contributed by atoms with Crippen molar-refractivity contribution >= 4 is 21.8 Å². The van der Waals surface area contributed by atoms with Crippen LogP contribution in [0.15, 0.2) is 28.7 Å². The van der Waals surface area contributed by atoms with E-state index in [1.807, 2.05) is 19.2 Å². The van der Waals surface area contributed by atoms with Gasteiger partial charge in [0.1, 0.15) is 0 Å². The van der Waals surface area contributed by atoms with Crippen molar-refractivity contribution in [2.45, 2.75) is 12.5 Å². The Morgan fingerprint density at radius 1 is 1.56 bits per heavy atom. The Bertz CT molecular complexity index is 398. The fourth-order valence-corrected chi connectivity index (χ4v) is 2.26. The van der Waals surface area contributed by atoms with Crippen LogP contribution in [0.1, 0.15) is 18.0 Å². The van der Waals surface area contributed by atoms with E-state index in [1.165, 1.54) is 0 Å². The van der Waals surface area contributed by atoms with Crippen molar-refractivity contribution in [3.63, 3.8) is 0 Å². The zero-order chi connectivity index (χ0) is 13.5. The quantitative estimate of drug-likeness (QED) is 0.837. The zero-order valence-corrected chi connectivity index (χ0v) is 12.4. The average molecular weight is 314 g/mol. The second-order valence-corrected chi connectivity index (χ2v) is 5.13. The van der Waals surface area contributed by atoms with E-state index in [9.17, 15) is 4.79 Å². The number of hydrogen-bond acceptors (Lipinski definition) is 3. The maximum Gasteiger partial charge on any atom is 0.221 e. The molecule has 0 radical (unpaired) electrons. The molecule has 0 aliphatic rings. The molecule has 100 valence electrons. The first-order valence-corrected chi connectivity index (χ1v) is 6.74. The summed E-state index contributed by atoms with van der Waals surface area (Å²) in [6.45, 7) is 1.22. The molecule has 5 heteroatoms. The van der Waals surface area contributed by atoms with Gasteiger partial charge < -0.3 is 11.1 Å². The highest BCUT2D eigenvalue weighted by Gasteiger charge is 2.16. The van der Waals surface area contributed by atoms with Crippen LogP contribution in [-0.4, -0.2) is 38.0 Å². The van der Waals surface area contributed by atoms with Crippen molar-refractivity contribution < 1.29 is 4.79 Å². The van der Waals surface area contributed by atoms with Crippen LogP contribution in [0.3, 0.4) is 0 Å². The summed E-state index contributed by atoms with van der Waals surface area (Å²) in [6, 6.07) is 8.23. The predicted octanol–water partition coefficient (Wildman–Crippen LogP) is 1.52. The third-order valence-corrected chi connectivity index (χ3v) is 3.45. The molecule has 1 aromatic rings. The zero-order valence-electron chi connectivity index (χ0n) is 10.8. The molecule has 1 unspecified atom stereocenters. The maximum atomic E-state index is 11.2. The molecule has 3 N–H and O–H groups in total. The highest BCUT2D eigenvalue weighted by Crippen LogP contribution is 2.21. The molecule has 0 spiro atoms. The number of carbonyl (C=O) groups is 1. The minimum atomic E-state index is 0.0480. The van der Waals surface area contributed by atoms with Gasteiger partial charge in [-0.15, -0.1) is 0 Å². The Morgan fingerprint density at radius 3 is 2.83 bits per heavy atom. The lowest BCUT2D eigenvalue weighted by Crippen LogP contribution is -2.33. The van der Waals surface area contributed by atoms with Crippen molar-refractivity contribution in [3.8, 4) is 0 Å². The van der Waals surface area contributed by atoms with Crippen LogP contribution in [0, 0.1) is 0 Å². The van der Waals surface area contributed by atoms with Gasteiger partial charge in [-0.1, -0.05) is 28.1 Å². The molecule has 1 rings (SSSR count). The highest BCUT2D eigenvalue weighted by molar-refractivity contribution is 9.10. The molecule has 1 aromatic carbocycles. The van der Waals surface area contributed by atoms with Gasteiger partial charge in [-0.2, -0.15) is 0 Å². The lowest BCUT2D eigenvalue weighted by atomic mass is 10.1. The molecule has 1 atom stereocenters. The highest BCUT2D eigenvalue weighted by atomic mass is 79.9. The summed E-state index contributed by atoms with van der Waals surface area (Å²) in [4.78, 5) is 13.3. The first-order valence-electron chi connectivity index (χ1n) is 5.94. The molecule has 0 aliphatic carbocycles. The van der Waals surface area contributed by atoms with Gasteiger partial charge in [0.15, 0.2) is 0 Å². The molecular weight excluding hydrogens is 294 g/mol. The van der Waals surface area contributed by atoms with Crippen LogP contribution >= 0.6 is 15.9 Å². The van der Waals surface area contributed by atoms with E-state index in [1.54, 1.807) is 7.05 Å². The fraction of sp³-hybridized carbons (Fsp3) is 0.462. The van der Waals surface area contributed by atoms with E-state index < -0.39 is 0 Å². The molecule has 1 amide bonds. The lowest BCUT2D eigenvalue weighted by molar-refractivity contribution is -0.120. The van der Waals surface area contributed by atoms with Crippen molar-refractivity contribution in [2.24, 2.45) is 5.73 Å². The van der Waals surface area contributed by atoms with Crippen LogP contribution in [-0.2, 0) is 4.79 Å². The second kappa shape index (κ2) is 7.51. The average Bonchev–Trinajstić information content (AvgIpc) is 2.37. The third kappa shape index (κ3) is 4.40. The van der Waals surface area contributed by atoms with Gasteiger partial charge in [-0.25, -0.2) is 0 Å². The smallest absolute Gasteiger partial charge is 0.221 e. The van der Waals surface area contributed by atoms with Gasteiger partial charge in [-0.3, -0.25) is 9.69 Å². The summed E-state index contributed by atoms with van der Waals surface area (Å²) in [7, 11) is 3.64. The molecule has 18 heavy (non-hydrogen) atoms. The number of rotatable bonds is 6. The Kier molecular flexibility index (Phi) is 6.32. The summed E-state index contributed by atoms with van der Waals surface area (Å²) in [5.41, 5.74) is 7.00. The number of nitrogens with one attached hydrogen (secondary N) is 1. The van der Waals surface area contributed by atoms with E-state index in [2.05, 4.69) is 38.3 Å². The van der Waals surface area contributed by atoms with Gasteiger partial charge >= 0.3 is 0 Å². The predicted molar refractivity (Wildman–Crippen MR) is 77.3 cm³/mol.